The summed E-state index contributed by atoms with van der Waals surface area (Å²) in [5.74, 6) is -0.0578. The van der Waals surface area contributed by atoms with E-state index < -0.39 is 0 Å². The van der Waals surface area contributed by atoms with Crippen molar-refractivity contribution >= 4 is 17.3 Å². The Kier molecular flexibility index (Phi) is 4.08. The molecule has 0 fully saturated rings. The minimum absolute atomic E-state index is 0.0578. The predicted octanol–water partition coefficient (Wildman–Crippen LogP) is 2.86. The average Bonchev–Trinajstić information content (AvgIpc) is 2.79. The van der Waals surface area contributed by atoms with E-state index in [4.69, 9.17) is 0 Å². The maximum Gasteiger partial charge on any atom is 0.221 e. The lowest BCUT2D eigenvalue weighted by Crippen LogP contribution is -2.09. The molecule has 1 aromatic carbocycles. The normalized spacial score (nSPS) is 12.0. The van der Waals surface area contributed by atoms with Gasteiger partial charge in [-0.2, -0.15) is 5.10 Å². The second-order valence-electron chi connectivity index (χ2n) is 5.02. The van der Waals surface area contributed by atoms with Crippen LogP contribution < -0.4 is 10.6 Å². The van der Waals surface area contributed by atoms with Crippen molar-refractivity contribution in [1.82, 2.24) is 9.78 Å². The van der Waals surface area contributed by atoms with Gasteiger partial charge in [0.05, 0.1) is 12.2 Å². The smallest absolute Gasteiger partial charge is 0.221 e. The molecule has 2 rings (SSSR count). The zero-order valence-corrected chi connectivity index (χ0v) is 12.3. The first kappa shape index (κ1) is 14.1. The van der Waals surface area contributed by atoms with Crippen molar-refractivity contribution in [3.8, 4) is 0 Å². The van der Waals surface area contributed by atoms with Gasteiger partial charge in [-0.1, -0.05) is 0 Å². The van der Waals surface area contributed by atoms with Crippen molar-refractivity contribution in [3.63, 3.8) is 0 Å². The molecule has 0 saturated heterocycles. The Bertz CT molecular complexity index is 618. The van der Waals surface area contributed by atoms with Crippen LogP contribution in [-0.2, 0) is 11.8 Å². The first-order valence-electron chi connectivity index (χ1n) is 6.59. The molecule has 0 aliphatic heterocycles. The number of hydrogen-bond acceptors (Lipinski definition) is 3. The van der Waals surface area contributed by atoms with Crippen molar-refractivity contribution in [2.24, 2.45) is 7.05 Å². The molecule has 0 aliphatic rings. The highest BCUT2D eigenvalue weighted by molar-refractivity contribution is 5.89. The third-order valence-corrected chi connectivity index (χ3v) is 3.15. The van der Waals surface area contributed by atoms with E-state index in [9.17, 15) is 4.79 Å². The topological polar surface area (TPSA) is 59.0 Å². The van der Waals surface area contributed by atoms with Gasteiger partial charge in [0.15, 0.2) is 0 Å². The number of hydrogen-bond donors (Lipinski definition) is 2. The minimum atomic E-state index is -0.0578. The zero-order valence-electron chi connectivity index (χ0n) is 12.3. The van der Waals surface area contributed by atoms with Crippen LogP contribution in [0.1, 0.15) is 31.0 Å². The summed E-state index contributed by atoms with van der Waals surface area (Å²) >= 11 is 0. The molecule has 1 atom stereocenters. The lowest BCUT2D eigenvalue weighted by Gasteiger charge is -2.15. The Labute approximate surface area is 119 Å². The SMILES string of the molecule is CC(=O)Nc1ccc(NC(C)c2cnn(C)c2)cc1C. The Balaban J connectivity index is 2.10. The van der Waals surface area contributed by atoms with Crippen LogP contribution in [0.5, 0.6) is 0 Å². The van der Waals surface area contributed by atoms with Crippen LogP contribution in [0.4, 0.5) is 11.4 Å². The van der Waals surface area contributed by atoms with Gasteiger partial charge in [0.1, 0.15) is 0 Å². The number of amides is 1. The second-order valence-corrected chi connectivity index (χ2v) is 5.02. The fraction of sp³-hybridized carbons (Fsp3) is 0.333. The van der Waals surface area contributed by atoms with Crippen LogP contribution in [0.15, 0.2) is 30.6 Å². The molecule has 106 valence electrons. The van der Waals surface area contributed by atoms with E-state index in [1.54, 1.807) is 4.68 Å². The van der Waals surface area contributed by atoms with Gasteiger partial charge in [-0.25, -0.2) is 0 Å². The molecule has 0 aliphatic carbocycles. The molecule has 1 aromatic heterocycles. The van der Waals surface area contributed by atoms with Crippen LogP contribution >= 0.6 is 0 Å². The van der Waals surface area contributed by atoms with Crippen LogP contribution in [0.3, 0.4) is 0 Å². The molecule has 1 amide bonds. The summed E-state index contributed by atoms with van der Waals surface area (Å²) < 4.78 is 1.79. The summed E-state index contributed by atoms with van der Waals surface area (Å²) in [5, 5.41) is 10.4. The summed E-state index contributed by atoms with van der Waals surface area (Å²) in [6.07, 6.45) is 3.85. The number of anilines is 2. The van der Waals surface area contributed by atoms with E-state index in [-0.39, 0.29) is 11.9 Å². The Morgan fingerprint density at radius 3 is 2.70 bits per heavy atom. The summed E-state index contributed by atoms with van der Waals surface area (Å²) in [5.41, 5.74) is 4.03. The predicted molar refractivity (Wildman–Crippen MR) is 80.7 cm³/mol. The number of aromatic nitrogens is 2. The second kappa shape index (κ2) is 5.77. The molecule has 1 heterocycles. The number of nitrogens with zero attached hydrogens (tertiary/aromatic N) is 2. The molecule has 0 saturated carbocycles. The van der Waals surface area contributed by atoms with Crippen molar-refractivity contribution in [2.45, 2.75) is 26.8 Å². The summed E-state index contributed by atoms with van der Waals surface area (Å²) in [7, 11) is 1.91. The monoisotopic (exact) mass is 272 g/mol. The van der Waals surface area contributed by atoms with E-state index in [1.165, 1.54) is 6.92 Å². The zero-order chi connectivity index (χ0) is 14.7. The maximum absolute atomic E-state index is 11.1. The largest absolute Gasteiger partial charge is 0.378 e. The number of aryl methyl sites for hydroxylation is 2. The fourth-order valence-electron chi connectivity index (χ4n) is 2.08. The van der Waals surface area contributed by atoms with Crippen LogP contribution in [-0.4, -0.2) is 15.7 Å². The first-order chi connectivity index (χ1) is 9.45. The lowest BCUT2D eigenvalue weighted by molar-refractivity contribution is -0.114. The van der Waals surface area contributed by atoms with Crippen LogP contribution in [0.2, 0.25) is 0 Å². The molecule has 5 heteroatoms. The van der Waals surface area contributed by atoms with Crippen LogP contribution in [0, 0.1) is 6.92 Å². The summed E-state index contributed by atoms with van der Waals surface area (Å²) in [6, 6.07) is 6.08. The van der Waals surface area contributed by atoms with Gasteiger partial charge in [-0.15, -0.1) is 0 Å². The molecule has 1 unspecified atom stereocenters. The molecule has 5 nitrogen and oxygen atoms in total. The lowest BCUT2D eigenvalue weighted by atomic mass is 10.1. The molecule has 0 bridgehead atoms. The van der Waals surface area contributed by atoms with E-state index in [0.29, 0.717) is 0 Å². The van der Waals surface area contributed by atoms with Gasteiger partial charge in [-0.3, -0.25) is 9.48 Å². The van der Waals surface area contributed by atoms with Gasteiger partial charge in [0.2, 0.25) is 5.91 Å². The number of nitrogens with one attached hydrogen (secondary N) is 2. The van der Waals surface area contributed by atoms with E-state index in [2.05, 4.69) is 22.7 Å². The molecule has 0 radical (unpaired) electrons. The molecule has 2 N–H and O–H groups in total. The number of carbonyl (C=O) groups is 1. The molecule has 2 aromatic rings. The third-order valence-electron chi connectivity index (χ3n) is 3.15. The van der Waals surface area contributed by atoms with Crippen molar-refractivity contribution in [3.05, 3.63) is 41.7 Å². The Morgan fingerprint density at radius 2 is 2.15 bits per heavy atom. The van der Waals surface area contributed by atoms with Crippen LogP contribution in [0.25, 0.3) is 0 Å². The summed E-state index contributed by atoms with van der Waals surface area (Å²) in [6.45, 7) is 5.58. The van der Waals surface area contributed by atoms with Gasteiger partial charge < -0.3 is 10.6 Å². The molecule has 20 heavy (non-hydrogen) atoms. The fourth-order valence-corrected chi connectivity index (χ4v) is 2.08. The van der Waals surface area contributed by atoms with Crippen molar-refractivity contribution < 1.29 is 4.79 Å². The van der Waals surface area contributed by atoms with Gasteiger partial charge in [-0.05, 0) is 37.6 Å². The molecule has 0 spiro atoms. The quantitative estimate of drug-likeness (QED) is 0.899. The van der Waals surface area contributed by atoms with Crippen molar-refractivity contribution in [1.29, 1.82) is 0 Å². The number of carbonyl (C=O) groups excluding carboxylic acids is 1. The highest BCUT2D eigenvalue weighted by Gasteiger charge is 2.08. The summed E-state index contributed by atoms with van der Waals surface area (Å²) in [4.78, 5) is 11.1. The molecular weight excluding hydrogens is 252 g/mol. The first-order valence-corrected chi connectivity index (χ1v) is 6.59. The van der Waals surface area contributed by atoms with E-state index in [1.807, 2.05) is 44.6 Å². The van der Waals surface area contributed by atoms with E-state index >= 15 is 0 Å². The Morgan fingerprint density at radius 1 is 1.40 bits per heavy atom. The van der Waals surface area contributed by atoms with Crippen molar-refractivity contribution in [2.75, 3.05) is 10.6 Å². The Hall–Kier alpha value is -2.30. The van der Waals surface area contributed by atoms with Gasteiger partial charge in [0.25, 0.3) is 0 Å². The maximum atomic E-state index is 11.1. The van der Waals surface area contributed by atoms with E-state index in [0.717, 1.165) is 22.5 Å². The average molecular weight is 272 g/mol. The highest BCUT2D eigenvalue weighted by Crippen LogP contribution is 2.23. The standard InChI is InChI=1S/C15H20N4O/c1-10-7-14(5-6-15(10)18-12(3)20)17-11(2)13-8-16-19(4)9-13/h5-9,11,17H,1-4H3,(H,18,20). The minimum Gasteiger partial charge on any atom is -0.378 e. The number of benzene rings is 1. The third kappa shape index (κ3) is 3.38. The molecular formula is C15H20N4O. The number of rotatable bonds is 4. The highest BCUT2D eigenvalue weighted by atomic mass is 16.1. The van der Waals surface area contributed by atoms with Gasteiger partial charge in [0, 0.05) is 37.1 Å². The van der Waals surface area contributed by atoms with Gasteiger partial charge >= 0.3 is 0 Å².